The number of anilines is 1. The maximum Gasteiger partial charge on any atom is 0.278 e. The van der Waals surface area contributed by atoms with Crippen LogP contribution >= 0.6 is 0 Å². The highest BCUT2D eigenvalue weighted by Crippen LogP contribution is 2.23. The van der Waals surface area contributed by atoms with Gasteiger partial charge in [-0.05, 0) is 63.4 Å². The van der Waals surface area contributed by atoms with Crippen LogP contribution in [0.25, 0.3) is 16.6 Å². The van der Waals surface area contributed by atoms with Crippen molar-refractivity contribution >= 4 is 22.5 Å². The predicted octanol–water partition coefficient (Wildman–Crippen LogP) is 4.41. The van der Waals surface area contributed by atoms with Gasteiger partial charge in [-0.1, -0.05) is 37.3 Å². The van der Waals surface area contributed by atoms with Gasteiger partial charge in [0.15, 0.2) is 0 Å². The average Bonchev–Trinajstić information content (AvgIpc) is 3.13. The molecule has 0 saturated heterocycles. The summed E-state index contributed by atoms with van der Waals surface area (Å²) in [5, 5.41) is 12.6. The molecule has 7 nitrogen and oxygen atoms in total. The monoisotopic (exact) mass is 429 g/mol. The van der Waals surface area contributed by atoms with Crippen molar-refractivity contribution in [1.82, 2.24) is 19.6 Å². The summed E-state index contributed by atoms with van der Waals surface area (Å²) in [6, 6.07) is 14.8. The fourth-order valence-electron chi connectivity index (χ4n) is 3.97. The molecule has 0 spiro atoms. The molecule has 32 heavy (non-hydrogen) atoms. The second-order valence-corrected chi connectivity index (χ2v) is 8.12. The Morgan fingerprint density at radius 2 is 1.75 bits per heavy atom. The average molecular weight is 430 g/mol. The second kappa shape index (κ2) is 8.42. The summed E-state index contributed by atoms with van der Waals surface area (Å²) >= 11 is 0. The number of nitrogens with one attached hydrogen (secondary N) is 1. The molecular weight excluding hydrogens is 402 g/mol. The Labute approximate surface area is 186 Å². The van der Waals surface area contributed by atoms with Gasteiger partial charge in [0.25, 0.3) is 5.56 Å². The summed E-state index contributed by atoms with van der Waals surface area (Å²) in [6.07, 6.45) is 0.431. The third kappa shape index (κ3) is 3.70. The third-order valence-corrected chi connectivity index (χ3v) is 5.77. The maximum absolute atomic E-state index is 13.5. The van der Waals surface area contributed by atoms with E-state index in [-0.39, 0.29) is 11.5 Å². The minimum absolute atomic E-state index is 0.261. The van der Waals surface area contributed by atoms with Crippen LogP contribution in [0.5, 0.6) is 0 Å². The number of hydrogen-bond acceptors (Lipinski definition) is 4. The van der Waals surface area contributed by atoms with Crippen molar-refractivity contribution in [2.45, 2.75) is 47.1 Å². The first kappa shape index (κ1) is 21.5. The van der Waals surface area contributed by atoms with Crippen LogP contribution in [-0.2, 0) is 4.79 Å². The Bertz CT molecular complexity index is 1370. The molecule has 0 fully saturated rings. The molecule has 0 unspecified atom stereocenters. The van der Waals surface area contributed by atoms with Crippen molar-refractivity contribution in [3.8, 4) is 5.69 Å². The van der Waals surface area contributed by atoms with E-state index in [1.54, 1.807) is 4.68 Å². The highest BCUT2D eigenvalue weighted by Gasteiger charge is 2.25. The molecule has 0 aliphatic heterocycles. The highest BCUT2D eigenvalue weighted by atomic mass is 16.2. The molecule has 4 aromatic rings. The third-order valence-electron chi connectivity index (χ3n) is 5.77. The van der Waals surface area contributed by atoms with Gasteiger partial charge in [-0.2, -0.15) is 10.2 Å². The fourth-order valence-corrected chi connectivity index (χ4v) is 3.97. The number of benzene rings is 2. The van der Waals surface area contributed by atoms with E-state index < -0.39 is 6.04 Å². The van der Waals surface area contributed by atoms with Gasteiger partial charge in [0.2, 0.25) is 5.91 Å². The molecule has 7 heteroatoms. The molecule has 2 aromatic heterocycles. The van der Waals surface area contributed by atoms with Crippen LogP contribution < -0.4 is 10.9 Å². The predicted molar refractivity (Wildman–Crippen MR) is 126 cm³/mol. The second-order valence-electron chi connectivity index (χ2n) is 8.12. The van der Waals surface area contributed by atoms with Gasteiger partial charge < -0.3 is 5.32 Å². The van der Waals surface area contributed by atoms with Gasteiger partial charge in [-0.15, -0.1) is 0 Å². The highest BCUT2D eigenvalue weighted by molar-refractivity contribution is 5.94. The number of rotatable bonds is 5. The standard InChI is InChI=1S/C25H27N5O2/c1-6-21(24(31)26-20-14-15(2)12-13-16(20)3)30-25(32)22-18(5)29(19-10-8-7-9-11-19)28-23(22)17(4)27-30/h7-14,21H,6H2,1-5H3,(H,26,31)/t21-/m0/s1. The van der Waals surface area contributed by atoms with Crippen LogP contribution in [0.15, 0.2) is 53.3 Å². The van der Waals surface area contributed by atoms with Gasteiger partial charge in [0.05, 0.1) is 22.5 Å². The van der Waals surface area contributed by atoms with E-state index >= 15 is 0 Å². The van der Waals surface area contributed by atoms with Crippen molar-refractivity contribution in [1.29, 1.82) is 0 Å². The van der Waals surface area contributed by atoms with Crippen LogP contribution in [0.4, 0.5) is 5.69 Å². The van der Waals surface area contributed by atoms with Crippen molar-refractivity contribution in [2.75, 3.05) is 5.32 Å². The number of fused-ring (bicyclic) bond motifs is 1. The molecule has 0 aliphatic rings. The number of carbonyl (C=O) groups excluding carboxylic acids is 1. The zero-order valence-electron chi connectivity index (χ0n) is 19.0. The first-order valence-corrected chi connectivity index (χ1v) is 10.7. The SMILES string of the molecule is CC[C@@H](C(=O)Nc1cc(C)ccc1C)n1nc(C)c2nn(-c3ccccc3)c(C)c2c1=O. The molecule has 2 aromatic carbocycles. The van der Waals surface area contributed by atoms with Gasteiger partial charge in [0.1, 0.15) is 11.6 Å². The molecule has 1 atom stereocenters. The fraction of sp³-hybridized carbons (Fsp3) is 0.280. The summed E-state index contributed by atoms with van der Waals surface area (Å²) in [6.45, 7) is 9.47. The number of amides is 1. The van der Waals surface area contributed by atoms with E-state index in [4.69, 9.17) is 0 Å². The number of aromatic nitrogens is 4. The summed E-state index contributed by atoms with van der Waals surface area (Å²) in [4.78, 5) is 26.7. The Kier molecular flexibility index (Phi) is 5.65. The maximum atomic E-state index is 13.5. The Morgan fingerprint density at radius 3 is 2.44 bits per heavy atom. The van der Waals surface area contributed by atoms with E-state index in [0.717, 1.165) is 28.2 Å². The summed E-state index contributed by atoms with van der Waals surface area (Å²) < 4.78 is 3.06. The lowest BCUT2D eigenvalue weighted by Crippen LogP contribution is -2.35. The number of aryl methyl sites for hydroxylation is 4. The minimum Gasteiger partial charge on any atom is -0.324 e. The van der Waals surface area contributed by atoms with Crippen molar-refractivity contribution in [2.24, 2.45) is 0 Å². The van der Waals surface area contributed by atoms with Crippen molar-refractivity contribution in [3.05, 3.63) is 81.4 Å². The summed E-state index contributed by atoms with van der Waals surface area (Å²) in [7, 11) is 0. The lowest BCUT2D eigenvalue weighted by atomic mass is 10.1. The molecule has 0 bridgehead atoms. The topological polar surface area (TPSA) is 81.8 Å². The van der Waals surface area contributed by atoms with Crippen molar-refractivity contribution in [3.63, 3.8) is 0 Å². The normalized spacial score (nSPS) is 12.2. The molecule has 0 saturated carbocycles. The van der Waals surface area contributed by atoms with E-state index in [9.17, 15) is 9.59 Å². The molecule has 0 aliphatic carbocycles. The molecule has 1 amide bonds. The summed E-state index contributed by atoms with van der Waals surface area (Å²) in [5.41, 5.74) is 5.20. The van der Waals surface area contributed by atoms with E-state index in [2.05, 4.69) is 15.5 Å². The lowest BCUT2D eigenvalue weighted by Gasteiger charge is -2.18. The summed E-state index contributed by atoms with van der Waals surface area (Å²) in [5.74, 6) is -0.261. The van der Waals surface area contributed by atoms with E-state index in [1.165, 1.54) is 4.68 Å². The van der Waals surface area contributed by atoms with Crippen LogP contribution in [0.2, 0.25) is 0 Å². The van der Waals surface area contributed by atoms with Gasteiger partial charge in [0, 0.05) is 5.69 Å². The quantitative estimate of drug-likeness (QED) is 0.510. The smallest absolute Gasteiger partial charge is 0.278 e. The van der Waals surface area contributed by atoms with E-state index in [1.807, 2.05) is 83.1 Å². The van der Waals surface area contributed by atoms with Crippen LogP contribution in [0.1, 0.15) is 41.9 Å². The van der Waals surface area contributed by atoms with Crippen LogP contribution in [-0.4, -0.2) is 25.5 Å². The largest absolute Gasteiger partial charge is 0.324 e. The first-order chi connectivity index (χ1) is 15.3. The Hall–Kier alpha value is -3.74. The Morgan fingerprint density at radius 1 is 1.03 bits per heavy atom. The zero-order chi connectivity index (χ0) is 23.0. The minimum atomic E-state index is -0.731. The number of carbonyl (C=O) groups is 1. The van der Waals surface area contributed by atoms with Crippen LogP contribution in [0.3, 0.4) is 0 Å². The number of hydrogen-bond donors (Lipinski definition) is 1. The molecule has 2 heterocycles. The van der Waals surface area contributed by atoms with Crippen LogP contribution in [0, 0.1) is 27.7 Å². The zero-order valence-corrected chi connectivity index (χ0v) is 19.0. The number of para-hydroxylation sites is 1. The number of nitrogens with zero attached hydrogens (tertiary/aromatic N) is 4. The molecule has 164 valence electrons. The van der Waals surface area contributed by atoms with Crippen molar-refractivity contribution < 1.29 is 4.79 Å². The molecule has 0 radical (unpaired) electrons. The lowest BCUT2D eigenvalue weighted by molar-refractivity contribution is -0.119. The molecule has 4 rings (SSSR count). The Balaban J connectivity index is 1.80. The van der Waals surface area contributed by atoms with Gasteiger partial charge in [-0.3, -0.25) is 9.59 Å². The van der Waals surface area contributed by atoms with E-state index in [0.29, 0.717) is 23.0 Å². The van der Waals surface area contributed by atoms with Gasteiger partial charge >= 0.3 is 0 Å². The molecular formula is C25H27N5O2. The molecule has 1 N–H and O–H groups in total. The van der Waals surface area contributed by atoms with Gasteiger partial charge in [-0.25, -0.2) is 9.36 Å². The first-order valence-electron chi connectivity index (χ1n) is 10.7.